The molecule has 1 saturated heterocycles. The van der Waals surface area contributed by atoms with Crippen LogP contribution in [0.15, 0.2) is 41.9 Å². The summed E-state index contributed by atoms with van der Waals surface area (Å²) in [7, 11) is 0. The Labute approximate surface area is 151 Å². The van der Waals surface area contributed by atoms with Crippen LogP contribution in [0.3, 0.4) is 0 Å². The molecule has 1 fully saturated rings. The first-order chi connectivity index (χ1) is 12.0. The lowest BCUT2D eigenvalue weighted by atomic mass is 10.1. The van der Waals surface area contributed by atoms with E-state index in [-0.39, 0.29) is 17.2 Å². The summed E-state index contributed by atoms with van der Waals surface area (Å²) in [5.74, 6) is -0.461. The monoisotopic (exact) mass is 361 g/mol. The van der Waals surface area contributed by atoms with Crippen LogP contribution < -0.4 is 5.73 Å². The number of rotatable bonds is 4. The van der Waals surface area contributed by atoms with Gasteiger partial charge < -0.3 is 15.7 Å². The summed E-state index contributed by atoms with van der Waals surface area (Å²) in [6.07, 6.45) is 2.21. The molecule has 7 heteroatoms. The van der Waals surface area contributed by atoms with Crippen molar-refractivity contribution >= 4 is 23.6 Å². The summed E-state index contributed by atoms with van der Waals surface area (Å²) in [6, 6.07) is 8.30. The van der Waals surface area contributed by atoms with Crippen LogP contribution in [0.1, 0.15) is 30.7 Å². The number of carbonyl (C=O) groups excluding carboxylic acids is 2. The van der Waals surface area contributed by atoms with Gasteiger partial charge in [-0.2, -0.15) is 0 Å². The Morgan fingerprint density at radius 1 is 1.32 bits per heavy atom. The molecular formula is C18H23N3O3S. The van der Waals surface area contributed by atoms with Gasteiger partial charge in [-0.05, 0) is 30.7 Å². The van der Waals surface area contributed by atoms with Gasteiger partial charge in [-0.1, -0.05) is 30.3 Å². The van der Waals surface area contributed by atoms with Crippen LogP contribution in [-0.2, 0) is 9.59 Å². The lowest BCUT2D eigenvalue weighted by Crippen LogP contribution is -2.54. The molecule has 134 valence electrons. The Balaban J connectivity index is 1.77. The first-order valence-electron chi connectivity index (χ1n) is 8.44. The maximum absolute atomic E-state index is 13.1. The quantitative estimate of drug-likeness (QED) is 0.847. The van der Waals surface area contributed by atoms with Crippen molar-refractivity contribution in [2.24, 2.45) is 5.73 Å². The lowest BCUT2D eigenvalue weighted by molar-refractivity contribution is -0.144. The fourth-order valence-electron chi connectivity index (χ4n) is 3.22. The van der Waals surface area contributed by atoms with Crippen LogP contribution in [0.4, 0.5) is 0 Å². The second-order valence-corrected chi connectivity index (χ2v) is 7.38. The van der Waals surface area contributed by atoms with Crippen molar-refractivity contribution in [2.45, 2.75) is 43.3 Å². The van der Waals surface area contributed by atoms with Gasteiger partial charge in [0.25, 0.3) is 5.91 Å². The number of amides is 2. The lowest BCUT2D eigenvalue weighted by Gasteiger charge is -2.32. The Morgan fingerprint density at radius 2 is 2.04 bits per heavy atom. The van der Waals surface area contributed by atoms with E-state index in [4.69, 9.17) is 5.73 Å². The number of aliphatic hydroxyl groups excluding tert-OH is 1. The number of hydrogen-bond donors (Lipinski definition) is 2. The highest BCUT2D eigenvalue weighted by Gasteiger charge is 2.41. The number of aliphatic hydroxyl groups is 1. The minimum atomic E-state index is -0.998. The number of thioether (sulfide) groups is 1. The highest BCUT2D eigenvalue weighted by molar-refractivity contribution is 8.02. The highest BCUT2D eigenvalue weighted by Crippen LogP contribution is 2.40. The predicted octanol–water partition coefficient (Wildman–Crippen LogP) is 1.43. The van der Waals surface area contributed by atoms with Crippen molar-refractivity contribution < 1.29 is 14.7 Å². The standard InChI is InChI=1S/C18H23N3O3S/c1-12(22)15(19)17(24)20-9-5-8-14(20)16(23)21-10-11-25-18(21)13-6-3-2-4-7-13/h2-4,6-7,10-12,14-15,18,22H,5,8-9,19H2,1H3/t12-,14+,15+,18?/m1/s1. The van der Waals surface area contributed by atoms with Crippen molar-refractivity contribution in [1.82, 2.24) is 9.80 Å². The molecule has 4 atom stereocenters. The Bertz CT molecular complexity index is 665. The molecule has 2 amide bonds. The Hall–Kier alpha value is -1.83. The van der Waals surface area contributed by atoms with Crippen LogP contribution in [-0.4, -0.2) is 51.5 Å². The third-order valence-corrected chi connectivity index (χ3v) is 5.68. The average molecular weight is 361 g/mol. The maximum atomic E-state index is 13.1. The summed E-state index contributed by atoms with van der Waals surface area (Å²) in [5, 5.41) is 11.4. The Morgan fingerprint density at radius 3 is 2.72 bits per heavy atom. The number of likely N-dealkylation sites (tertiary alicyclic amines) is 1. The molecule has 0 spiro atoms. The summed E-state index contributed by atoms with van der Waals surface area (Å²) >= 11 is 1.57. The molecule has 2 aliphatic heterocycles. The molecule has 2 aliphatic rings. The molecule has 1 aromatic carbocycles. The summed E-state index contributed by atoms with van der Waals surface area (Å²) in [5.41, 5.74) is 6.83. The van der Waals surface area contributed by atoms with E-state index >= 15 is 0 Å². The molecule has 0 saturated carbocycles. The van der Waals surface area contributed by atoms with Crippen LogP contribution in [0, 0.1) is 0 Å². The van der Waals surface area contributed by atoms with E-state index in [0.29, 0.717) is 13.0 Å². The molecule has 0 bridgehead atoms. The molecule has 25 heavy (non-hydrogen) atoms. The first kappa shape index (κ1) is 18.0. The molecule has 3 rings (SSSR count). The van der Waals surface area contributed by atoms with Gasteiger partial charge in [0.2, 0.25) is 5.91 Å². The fraction of sp³-hybridized carbons (Fsp3) is 0.444. The van der Waals surface area contributed by atoms with E-state index in [1.54, 1.807) is 22.9 Å². The molecule has 1 aromatic rings. The fourth-order valence-corrected chi connectivity index (χ4v) is 4.19. The third kappa shape index (κ3) is 3.58. The topological polar surface area (TPSA) is 86.9 Å². The van der Waals surface area contributed by atoms with Crippen LogP contribution >= 0.6 is 11.8 Å². The Kier molecular flexibility index (Phi) is 5.46. The van der Waals surface area contributed by atoms with Gasteiger partial charge in [0.15, 0.2) is 0 Å². The number of nitrogens with two attached hydrogens (primary N) is 1. The third-order valence-electron chi connectivity index (χ3n) is 4.65. The van der Waals surface area contributed by atoms with Gasteiger partial charge in [0.1, 0.15) is 17.5 Å². The van der Waals surface area contributed by atoms with Crippen LogP contribution in [0.2, 0.25) is 0 Å². The van der Waals surface area contributed by atoms with Crippen molar-refractivity contribution in [3.05, 3.63) is 47.5 Å². The smallest absolute Gasteiger partial charge is 0.250 e. The maximum Gasteiger partial charge on any atom is 0.250 e. The van der Waals surface area contributed by atoms with Crippen molar-refractivity contribution in [1.29, 1.82) is 0 Å². The molecule has 1 unspecified atom stereocenters. The zero-order chi connectivity index (χ0) is 18.0. The second kappa shape index (κ2) is 7.59. The van der Waals surface area contributed by atoms with Gasteiger partial charge >= 0.3 is 0 Å². The highest BCUT2D eigenvalue weighted by atomic mass is 32.2. The van der Waals surface area contributed by atoms with Crippen LogP contribution in [0.25, 0.3) is 0 Å². The van der Waals surface area contributed by atoms with Gasteiger partial charge in [-0.3, -0.25) is 14.5 Å². The van der Waals surface area contributed by atoms with E-state index < -0.39 is 18.2 Å². The van der Waals surface area contributed by atoms with E-state index in [0.717, 1.165) is 12.0 Å². The van der Waals surface area contributed by atoms with E-state index in [1.165, 1.54) is 11.8 Å². The molecule has 3 N–H and O–H groups in total. The van der Waals surface area contributed by atoms with E-state index in [9.17, 15) is 14.7 Å². The van der Waals surface area contributed by atoms with Crippen LogP contribution in [0.5, 0.6) is 0 Å². The minimum absolute atomic E-state index is 0.0984. The van der Waals surface area contributed by atoms with E-state index in [1.807, 2.05) is 35.7 Å². The second-order valence-electron chi connectivity index (χ2n) is 6.39. The summed E-state index contributed by atoms with van der Waals surface area (Å²) in [4.78, 5) is 28.8. The molecule has 0 radical (unpaired) electrons. The largest absolute Gasteiger partial charge is 0.391 e. The molecule has 6 nitrogen and oxygen atoms in total. The summed E-state index contributed by atoms with van der Waals surface area (Å²) in [6.45, 7) is 1.98. The SMILES string of the molecule is C[C@@H](O)[C@H](N)C(=O)N1CCC[C@H]1C(=O)N1C=CSC1c1ccccc1. The van der Waals surface area contributed by atoms with Crippen molar-refractivity contribution in [2.75, 3.05) is 6.54 Å². The summed E-state index contributed by atoms with van der Waals surface area (Å²) < 4.78 is 0. The van der Waals surface area contributed by atoms with Gasteiger partial charge in [-0.25, -0.2) is 0 Å². The van der Waals surface area contributed by atoms with Crippen molar-refractivity contribution in [3.63, 3.8) is 0 Å². The van der Waals surface area contributed by atoms with Gasteiger partial charge in [0, 0.05) is 12.7 Å². The molecule has 0 aromatic heterocycles. The number of benzene rings is 1. The zero-order valence-electron chi connectivity index (χ0n) is 14.1. The first-order valence-corrected chi connectivity index (χ1v) is 9.38. The molecular weight excluding hydrogens is 338 g/mol. The van der Waals surface area contributed by atoms with E-state index in [2.05, 4.69) is 0 Å². The molecule has 2 heterocycles. The zero-order valence-corrected chi connectivity index (χ0v) is 14.9. The van der Waals surface area contributed by atoms with Gasteiger partial charge in [0.05, 0.1) is 6.10 Å². The van der Waals surface area contributed by atoms with Gasteiger partial charge in [-0.15, -0.1) is 11.8 Å². The van der Waals surface area contributed by atoms with Crippen molar-refractivity contribution in [3.8, 4) is 0 Å². The average Bonchev–Trinajstić information content (AvgIpc) is 3.29. The number of hydrogen-bond acceptors (Lipinski definition) is 5. The predicted molar refractivity (Wildman–Crippen MR) is 97.2 cm³/mol. The number of carbonyl (C=O) groups is 2. The minimum Gasteiger partial charge on any atom is -0.391 e. The normalized spacial score (nSPS) is 25.2. The molecule has 0 aliphatic carbocycles. The number of nitrogens with zero attached hydrogens (tertiary/aromatic N) is 2.